The van der Waals surface area contributed by atoms with Crippen LogP contribution in [0, 0.1) is 11.3 Å². The molecule has 4 aromatic rings. The minimum atomic E-state index is 0.633. The molecule has 0 amide bonds. The number of halogens is 1. The molecule has 0 radical (unpaired) electrons. The van der Waals surface area contributed by atoms with Gasteiger partial charge in [-0.1, -0.05) is 40.2 Å². The summed E-state index contributed by atoms with van der Waals surface area (Å²) in [5, 5.41) is 10.4. The molecule has 0 aliphatic carbocycles. The third kappa shape index (κ3) is 2.49. The molecule has 0 aliphatic rings. The van der Waals surface area contributed by atoms with Gasteiger partial charge in [0.05, 0.1) is 11.3 Å². The van der Waals surface area contributed by atoms with Gasteiger partial charge in [0.25, 0.3) is 0 Å². The number of fused-ring (bicyclic) bond motifs is 1. The summed E-state index contributed by atoms with van der Waals surface area (Å²) in [7, 11) is 0. The highest BCUT2D eigenvalue weighted by Gasteiger charge is 2.09. The Bertz CT molecular complexity index is 1070. The summed E-state index contributed by atoms with van der Waals surface area (Å²) in [6, 6.07) is 22.1. The molecule has 0 saturated heterocycles. The lowest BCUT2D eigenvalue weighted by Crippen LogP contribution is -1.97. The molecule has 0 aliphatic heterocycles. The van der Waals surface area contributed by atoms with E-state index in [4.69, 9.17) is 0 Å². The van der Waals surface area contributed by atoms with Crippen molar-refractivity contribution in [3.8, 4) is 22.9 Å². The average molecular weight is 374 g/mol. The van der Waals surface area contributed by atoms with Gasteiger partial charge in [0.2, 0.25) is 0 Å². The van der Waals surface area contributed by atoms with Crippen molar-refractivity contribution < 1.29 is 0 Å². The SMILES string of the molecule is N#Cc1ccccc1-n1ccc2cc(-c3ccc(Br)cc3)cnc21. The first-order valence-electron chi connectivity index (χ1n) is 7.49. The van der Waals surface area contributed by atoms with E-state index in [9.17, 15) is 5.26 Å². The molecular weight excluding hydrogens is 362 g/mol. The van der Waals surface area contributed by atoms with Crippen LogP contribution in [0.5, 0.6) is 0 Å². The van der Waals surface area contributed by atoms with Crippen LogP contribution >= 0.6 is 15.9 Å². The van der Waals surface area contributed by atoms with Crippen LogP contribution in [0.2, 0.25) is 0 Å². The number of pyridine rings is 1. The molecule has 0 spiro atoms. The van der Waals surface area contributed by atoms with Crippen molar-refractivity contribution in [3.05, 3.63) is 83.1 Å². The smallest absolute Gasteiger partial charge is 0.144 e. The van der Waals surface area contributed by atoms with Crippen LogP contribution < -0.4 is 0 Å². The Morgan fingerprint density at radius 3 is 2.54 bits per heavy atom. The first kappa shape index (κ1) is 14.7. The molecule has 0 atom stereocenters. The first-order chi connectivity index (χ1) is 11.8. The second-order valence-corrected chi connectivity index (χ2v) is 6.37. The van der Waals surface area contributed by atoms with Gasteiger partial charge in [-0.25, -0.2) is 4.98 Å². The van der Waals surface area contributed by atoms with Crippen LogP contribution in [-0.2, 0) is 0 Å². The topological polar surface area (TPSA) is 41.6 Å². The maximum Gasteiger partial charge on any atom is 0.144 e. The number of benzene rings is 2. The zero-order valence-corrected chi connectivity index (χ0v) is 14.2. The highest BCUT2D eigenvalue weighted by molar-refractivity contribution is 9.10. The molecule has 0 saturated carbocycles. The van der Waals surface area contributed by atoms with Gasteiger partial charge in [-0.15, -0.1) is 0 Å². The third-order valence-corrected chi connectivity index (χ3v) is 4.52. The lowest BCUT2D eigenvalue weighted by atomic mass is 10.1. The normalized spacial score (nSPS) is 10.7. The monoisotopic (exact) mass is 373 g/mol. The highest BCUT2D eigenvalue weighted by Crippen LogP contribution is 2.27. The summed E-state index contributed by atoms with van der Waals surface area (Å²) >= 11 is 3.46. The Morgan fingerprint density at radius 1 is 0.958 bits per heavy atom. The number of rotatable bonds is 2. The number of para-hydroxylation sites is 1. The maximum atomic E-state index is 9.32. The van der Waals surface area contributed by atoms with Gasteiger partial charge < -0.3 is 0 Å². The highest BCUT2D eigenvalue weighted by atomic mass is 79.9. The van der Waals surface area contributed by atoms with Crippen molar-refractivity contribution >= 4 is 27.0 Å². The van der Waals surface area contributed by atoms with Crippen molar-refractivity contribution in [2.75, 3.05) is 0 Å². The van der Waals surface area contributed by atoms with E-state index < -0.39 is 0 Å². The third-order valence-electron chi connectivity index (χ3n) is 3.99. The van der Waals surface area contributed by atoms with Crippen LogP contribution in [0.1, 0.15) is 5.56 Å². The second-order valence-electron chi connectivity index (χ2n) is 5.46. The molecule has 4 heteroatoms. The summed E-state index contributed by atoms with van der Waals surface area (Å²) in [4.78, 5) is 4.63. The summed E-state index contributed by atoms with van der Waals surface area (Å²) in [6.07, 6.45) is 3.83. The van der Waals surface area contributed by atoms with Crippen LogP contribution in [0.25, 0.3) is 27.8 Å². The van der Waals surface area contributed by atoms with E-state index in [0.717, 1.165) is 32.3 Å². The molecule has 2 aromatic heterocycles. The van der Waals surface area contributed by atoms with E-state index in [-0.39, 0.29) is 0 Å². The van der Waals surface area contributed by atoms with Gasteiger partial charge in [0, 0.05) is 27.8 Å². The van der Waals surface area contributed by atoms with Crippen molar-refractivity contribution in [2.45, 2.75) is 0 Å². The lowest BCUT2D eigenvalue weighted by Gasteiger charge is -2.07. The van der Waals surface area contributed by atoms with E-state index in [1.807, 2.05) is 59.4 Å². The molecule has 2 heterocycles. The zero-order chi connectivity index (χ0) is 16.5. The minimum Gasteiger partial charge on any atom is -0.300 e. The molecule has 4 rings (SSSR count). The molecule has 0 fully saturated rings. The number of hydrogen-bond acceptors (Lipinski definition) is 2. The molecular formula is C20H12BrN3. The van der Waals surface area contributed by atoms with Crippen LogP contribution in [0.3, 0.4) is 0 Å². The van der Waals surface area contributed by atoms with Crippen LogP contribution in [0.4, 0.5) is 0 Å². The van der Waals surface area contributed by atoms with Crippen molar-refractivity contribution in [2.24, 2.45) is 0 Å². The Labute approximate surface area is 147 Å². The number of nitrogens with zero attached hydrogens (tertiary/aromatic N) is 3. The predicted molar refractivity (Wildman–Crippen MR) is 98.9 cm³/mol. The quantitative estimate of drug-likeness (QED) is 0.476. The molecule has 0 bridgehead atoms. The van der Waals surface area contributed by atoms with Crippen LogP contribution in [0.15, 0.2) is 77.5 Å². The maximum absolute atomic E-state index is 9.32. The summed E-state index contributed by atoms with van der Waals surface area (Å²) in [5.41, 5.74) is 4.52. The number of nitriles is 1. The lowest BCUT2D eigenvalue weighted by molar-refractivity contribution is 1.08. The largest absolute Gasteiger partial charge is 0.300 e. The Kier molecular flexibility index (Phi) is 3.64. The zero-order valence-electron chi connectivity index (χ0n) is 12.6. The van der Waals surface area contributed by atoms with Crippen LogP contribution in [-0.4, -0.2) is 9.55 Å². The minimum absolute atomic E-state index is 0.633. The van der Waals surface area contributed by atoms with Gasteiger partial charge in [-0.3, -0.25) is 4.57 Å². The molecule has 0 N–H and O–H groups in total. The van der Waals surface area contributed by atoms with Crippen molar-refractivity contribution in [1.29, 1.82) is 5.26 Å². The summed E-state index contributed by atoms with van der Waals surface area (Å²) in [6.45, 7) is 0. The second kappa shape index (κ2) is 5.95. The predicted octanol–water partition coefficient (Wildman–Crippen LogP) is 5.33. The van der Waals surface area contributed by atoms with Gasteiger partial charge in [0.1, 0.15) is 11.7 Å². The summed E-state index contributed by atoms with van der Waals surface area (Å²) in [5.74, 6) is 0. The van der Waals surface area contributed by atoms with Gasteiger partial charge >= 0.3 is 0 Å². The molecule has 3 nitrogen and oxygen atoms in total. The molecule has 114 valence electrons. The molecule has 24 heavy (non-hydrogen) atoms. The number of aromatic nitrogens is 2. The summed E-state index contributed by atoms with van der Waals surface area (Å²) < 4.78 is 3.01. The van der Waals surface area contributed by atoms with E-state index >= 15 is 0 Å². The number of hydrogen-bond donors (Lipinski definition) is 0. The van der Waals surface area contributed by atoms with Gasteiger partial charge in [-0.2, -0.15) is 5.26 Å². The van der Waals surface area contributed by atoms with E-state index in [0.29, 0.717) is 5.56 Å². The first-order valence-corrected chi connectivity index (χ1v) is 8.28. The van der Waals surface area contributed by atoms with Gasteiger partial charge in [0.15, 0.2) is 0 Å². The average Bonchev–Trinajstić information content (AvgIpc) is 3.05. The fourth-order valence-corrected chi connectivity index (χ4v) is 3.06. The fourth-order valence-electron chi connectivity index (χ4n) is 2.80. The van der Waals surface area contributed by atoms with E-state index in [1.54, 1.807) is 0 Å². The van der Waals surface area contributed by atoms with Gasteiger partial charge in [-0.05, 0) is 42.0 Å². The standard InChI is InChI=1S/C20H12BrN3/c21-18-7-5-14(6-8-18)17-11-15-9-10-24(20(15)23-13-17)19-4-2-1-3-16(19)12-22/h1-11,13H. The Morgan fingerprint density at radius 2 is 1.75 bits per heavy atom. The Balaban J connectivity index is 1.84. The fraction of sp³-hybridized carbons (Fsp3) is 0. The van der Waals surface area contributed by atoms with E-state index in [1.165, 1.54) is 0 Å². The van der Waals surface area contributed by atoms with Crippen molar-refractivity contribution in [3.63, 3.8) is 0 Å². The Hall–Kier alpha value is -2.90. The molecule has 0 unspecified atom stereocenters. The molecule has 2 aromatic carbocycles. The van der Waals surface area contributed by atoms with Crippen molar-refractivity contribution in [1.82, 2.24) is 9.55 Å². The van der Waals surface area contributed by atoms with E-state index in [2.05, 4.69) is 45.2 Å².